The van der Waals surface area contributed by atoms with Gasteiger partial charge >= 0.3 is 0 Å². The van der Waals surface area contributed by atoms with E-state index in [1.807, 2.05) is 0 Å². The largest absolute Gasteiger partial charge is 0.296 e. The van der Waals surface area contributed by atoms with Crippen LogP contribution in [0.4, 0.5) is 4.39 Å². The highest BCUT2D eigenvalue weighted by atomic mass is 19.1. The van der Waals surface area contributed by atoms with E-state index in [0.717, 1.165) is 0 Å². The minimum atomic E-state index is -0.0475. The molecule has 1 nitrogen and oxygen atoms in total. The maximum atomic E-state index is 11.9. The molecule has 1 aromatic rings. The number of ketones is 1. The highest BCUT2D eigenvalue weighted by molar-refractivity contribution is 5.94. The third-order valence-corrected chi connectivity index (χ3v) is 1.42. The van der Waals surface area contributed by atoms with Crippen LogP contribution in [-0.4, -0.2) is 5.78 Å². The molecule has 0 saturated carbocycles. The SMILES string of the molecule is CC(=O)c1cccc([CH-]F)c1. The summed E-state index contributed by atoms with van der Waals surface area (Å²) in [5, 5.41) is 0. The van der Waals surface area contributed by atoms with Gasteiger partial charge in [0.25, 0.3) is 0 Å². The minimum absolute atomic E-state index is 0.0475. The maximum Gasteiger partial charge on any atom is 0.147 e. The van der Waals surface area contributed by atoms with Gasteiger partial charge in [-0.05, 0) is 19.2 Å². The normalized spacial score (nSPS) is 9.27. The standard InChI is InChI=1S/C9H8FO/c1-7(11)9-4-2-3-8(5-9)6-10/h2-6H,1H3/q-1. The number of carbonyl (C=O) groups is 1. The van der Waals surface area contributed by atoms with Crippen LogP contribution in [0.5, 0.6) is 0 Å². The lowest BCUT2D eigenvalue weighted by Gasteiger charge is -2.04. The van der Waals surface area contributed by atoms with Crippen molar-refractivity contribution in [1.82, 2.24) is 0 Å². The van der Waals surface area contributed by atoms with E-state index < -0.39 is 0 Å². The third kappa shape index (κ3) is 1.80. The van der Waals surface area contributed by atoms with Gasteiger partial charge in [0.05, 0.1) is 0 Å². The molecular formula is C9H8FO-. The van der Waals surface area contributed by atoms with E-state index >= 15 is 0 Å². The van der Waals surface area contributed by atoms with Gasteiger partial charge in [-0.2, -0.15) is 17.7 Å². The summed E-state index contributed by atoms with van der Waals surface area (Å²) in [5.41, 5.74) is 0.967. The molecule has 0 aliphatic rings. The fourth-order valence-electron chi connectivity index (χ4n) is 0.826. The van der Waals surface area contributed by atoms with Crippen molar-refractivity contribution in [2.45, 2.75) is 6.92 Å². The molecule has 0 aliphatic heterocycles. The number of Topliss-reactive ketones (excluding diaryl/α,β-unsaturated/α-hetero) is 1. The first-order chi connectivity index (χ1) is 5.24. The van der Waals surface area contributed by atoms with Gasteiger partial charge in [-0.3, -0.25) is 9.18 Å². The molecule has 0 fully saturated rings. The molecule has 0 aromatic heterocycles. The van der Waals surface area contributed by atoms with Crippen molar-refractivity contribution in [2.24, 2.45) is 0 Å². The molecule has 0 atom stereocenters. The second-order valence-corrected chi connectivity index (χ2v) is 2.29. The molecular weight excluding hydrogens is 143 g/mol. The zero-order valence-electron chi connectivity index (χ0n) is 6.17. The van der Waals surface area contributed by atoms with Crippen LogP contribution in [0.1, 0.15) is 22.8 Å². The number of benzene rings is 1. The Bertz CT molecular complexity index is 268. The van der Waals surface area contributed by atoms with Gasteiger partial charge in [-0.1, -0.05) is 6.07 Å². The first-order valence-corrected chi connectivity index (χ1v) is 3.28. The molecule has 0 bridgehead atoms. The zero-order valence-corrected chi connectivity index (χ0v) is 6.17. The summed E-state index contributed by atoms with van der Waals surface area (Å²) in [4.78, 5) is 10.8. The predicted octanol–water partition coefficient (Wildman–Crippen LogP) is 2.37. The van der Waals surface area contributed by atoms with Crippen molar-refractivity contribution in [2.75, 3.05) is 0 Å². The van der Waals surface area contributed by atoms with Crippen LogP contribution in [0.2, 0.25) is 0 Å². The lowest BCUT2D eigenvalue weighted by atomic mass is 10.1. The maximum absolute atomic E-state index is 11.9. The van der Waals surface area contributed by atoms with E-state index in [4.69, 9.17) is 0 Å². The molecule has 1 rings (SSSR count). The number of rotatable bonds is 2. The Labute approximate surface area is 64.9 Å². The van der Waals surface area contributed by atoms with Crippen molar-refractivity contribution < 1.29 is 9.18 Å². The van der Waals surface area contributed by atoms with Crippen molar-refractivity contribution >= 4 is 5.78 Å². The number of hydrogen-bond donors (Lipinski definition) is 0. The predicted molar refractivity (Wildman–Crippen MR) is 41.0 cm³/mol. The Morgan fingerprint density at radius 2 is 2.27 bits per heavy atom. The fraction of sp³-hybridized carbons (Fsp3) is 0.111. The molecule has 0 radical (unpaired) electrons. The summed E-state index contributed by atoms with van der Waals surface area (Å²) in [7, 11) is 0. The van der Waals surface area contributed by atoms with Gasteiger partial charge in [-0.15, -0.1) is 6.07 Å². The summed E-state index contributed by atoms with van der Waals surface area (Å²) in [6, 6.07) is 6.44. The highest BCUT2D eigenvalue weighted by Crippen LogP contribution is 2.07. The van der Waals surface area contributed by atoms with Crippen LogP contribution in [0.15, 0.2) is 24.3 Å². The van der Waals surface area contributed by atoms with Crippen LogP contribution in [0.25, 0.3) is 0 Å². The number of halogens is 1. The van der Waals surface area contributed by atoms with E-state index in [-0.39, 0.29) is 5.78 Å². The first kappa shape index (κ1) is 7.79. The smallest absolute Gasteiger partial charge is 0.147 e. The van der Waals surface area contributed by atoms with Crippen LogP contribution in [0.3, 0.4) is 0 Å². The van der Waals surface area contributed by atoms with Crippen molar-refractivity contribution in [3.63, 3.8) is 0 Å². The highest BCUT2D eigenvalue weighted by Gasteiger charge is 1.92. The molecule has 58 valence electrons. The van der Waals surface area contributed by atoms with Crippen molar-refractivity contribution in [3.05, 3.63) is 42.1 Å². The quantitative estimate of drug-likeness (QED) is 0.468. The topological polar surface area (TPSA) is 17.1 Å². The summed E-state index contributed by atoms with van der Waals surface area (Å²) in [6.07, 6.45) is 0. The molecule has 0 aliphatic carbocycles. The van der Waals surface area contributed by atoms with Gasteiger partial charge in [0.1, 0.15) is 5.78 Å². The van der Waals surface area contributed by atoms with E-state index in [0.29, 0.717) is 17.8 Å². The van der Waals surface area contributed by atoms with Crippen molar-refractivity contribution in [3.8, 4) is 0 Å². The Morgan fingerprint density at radius 1 is 1.55 bits per heavy atom. The monoisotopic (exact) mass is 151 g/mol. The molecule has 0 spiro atoms. The molecule has 0 unspecified atom stereocenters. The molecule has 0 saturated heterocycles. The summed E-state index contributed by atoms with van der Waals surface area (Å²) >= 11 is 0. The summed E-state index contributed by atoms with van der Waals surface area (Å²) < 4.78 is 11.9. The molecule has 0 N–H and O–H groups in total. The second-order valence-electron chi connectivity index (χ2n) is 2.29. The Balaban J connectivity index is 3.01. The molecule has 1 aromatic carbocycles. The van der Waals surface area contributed by atoms with E-state index in [1.54, 1.807) is 18.2 Å². The lowest BCUT2D eigenvalue weighted by molar-refractivity contribution is 0.101. The van der Waals surface area contributed by atoms with Crippen molar-refractivity contribution in [1.29, 1.82) is 0 Å². The molecule has 0 heterocycles. The molecule has 11 heavy (non-hydrogen) atoms. The van der Waals surface area contributed by atoms with Crippen LogP contribution >= 0.6 is 0 Å². The average molecular weight is 151 g/mol. The number of carbonyl (C=O) groups excluding carboxylic acids is 1. The summed E-state index contributed by atoms with van der Waals surface area (Å²) in [5.74, 6) is -0.0475. The van der Waals surface area contributed by atoms with Gasteiger partial charge < -0.3 is 0 Å². The Kier molecular flexibility index (Phi) is 2.26. The van der Waals surface area contributed by atoms with Gasteiger partial charge in [0.15, 0.2) is 0 Å². The van der Waals surface area contributed by atoms with Crippen LogP contribution < -0.4 is 0 Å². The van der Waals surface area contributed by atoms with Gasteiger partial charge in [0.2, 0.25) is 0 Å². The minimum Gasteiger partial charge on any atom is -0.296 e. The summed E-state index contributed by atoms with van der Waals surface area (Å²) in [6.45, 7) is 1.93. The van der Waals surface area contributed by atoms with Crippen LogP contribution in [-0.2, 0) is 0 Å². The number of hydrogen-bond acceptors (Lipinski definition) is 1. The molecule has 2 heteroatoms. The molecule has 0 amide bonds. The second kappa shape index (κ2) is 3.19. The fourth-order valence-corrected chi connectivity index (χ4v) is 0.826. The first-order valence-electron chi connectivity index (χ1n) is 3.28. The van der Waals surface area contributed by atoms with E-state index in [2.05, 4.69) is 0 Å². The lowest BCUT2D eigenvalue weighted by Crippen LogP contribution is -1.91. The van der Waals surface area contributed by atoms with E-state index in [9.17, 15) is 9.18 Å². The third-order valence-electron chi connectivity index (χ3n) is 1.42. The Morgan fingerprint density at radius 3 is 2.82 bits per heavy atom. The average Bonchev–Trinajstić information content (AvgIpc) is 2.05. The van der Waals surface area contributed by atoms with Gasteiger partial charge in [-0.25, -0.2) is 0 Å². The Hall–Kier alpha value is -1.31. The van der Waals surface area contributed by atoms with Crippen LogP contribution in [0, 0.1) is 6.67 Å². The zero-order chi connectivity index (χ0) is 8.27. The van der Waals surface area contributed by atoms with E-state index in [1.165, 1.54) is 13.0 Å². The van der Waals surface area contributed by atoms with Gasteiger partial charge in [0, 0.05) is 0 Å².